The predicted octanol–water partition coefficient (Wildman–Crippen LogP) is 1.60. The highest BCUT2D eigenvalue weighted by Gasteiger charge is 2.51. The Kier molecular flexibility index (Phi) is 4.53. The summed E-state index contributed by atoms with van der Waals surface area (Å²) in [5, 5.41) is 8.57. The quantitative estimate of drug-likeness (QED) is 0.790. The SMILES string of the molecule is O=C(O)CC1CCCN(C(=O)C(F)(F)C(F)F)C1. The van der Waals surface area contributed by atoms with Crippen molar-refractivity contribution in [2.75, 3.05) is 13.1 Å². The summed E-state index contributed by atoms with van der Waals surface area (Å²) in [5.74, 6) is -8.19. The first-order chi connectivity index (χ1) is 8.25. The van der Waals surface area contributed by atoms with Crippen molar-refractivity contribution in [3.05, 3.63) is 0 Å². The number of carbonyl (C=O) groups is 2. The third-order valence-corrected chi connectivity index (χ3v) is 2.83. The smallest absolute Gasteiger partial charge is 0.383 e. The maximum Gasteiger partial charge on any atom is 0.383 e. The van der Waals surface area contributed by atoms with Crippen molar-refractivity contribution >= 4 is 11.9 Å². The van der Waals surface area contributed by atoms with Crippen LogP contribution in [-0.2, 0) is 9.59 Å². The van der Waals surface area contributed by atoms with Crippen LogP contribution in [0.25, 0.3) is 0 Å². The number of hydrogen-bond acceptors (Lipinski definition) is 2. The van der Waals surface area contributed by atoms with E-state index in [0.29, 0.717) is 17.7 Å². The third kappa shape index (κ3) is 3.33. The molecule has 4 nitrogen and oxygen atoms in total. The van der Waals surface area contributed by atoms with E-state index in [1.807, 2.05) is 0 Å². The van der Waals surface area contributed by atoms with Gasteiger partial charge in [-0.3, -0.25) is 9.59 Å². The van der Waals surface area contributed by atoms with Crippen molar-refractivity contribution in [2.45, 2.75) is 31.6 Å². The van der Waals surface area contributed by atoms with Crippen LogP contribution in [0.1, 0.15) is 19.3 Å². The van der Waals surface area contributed by atoms with E-state index in [0.717, 1.165) is 0 Å². The molecule has 104 valence electrons. The van der Waals surface area contributed by atoms with Gasteiger partial charge < -0.3 is 10.0 Å². The molecule has 1 aliphatic heterocycles. The molecule has 1 fully saturated rings. The Morgan fingerprint density at radius 1 is 1.39 bits per heavy atom. The minimum absolute atomic E-state index is 0.0444. The maximum atomic E-state index is 12.9. The Balaban J connectivity index is 2.66. The Hall–Kier alpha value is -1.34. The van der Waals surface area contributed by atoms with Gasteiger partial charge in [0.15, 0.2) is 0 Å². The molecule has 1 aliphatic rings. The van der Waals surface area contributed by atoms with Crippen LogP contribution in [0.5, 0.6) is 0 Å². The van der Waals surface area contributed by atoms with Crippen molar-refractivity contribution < 1.29 is 32.3 Å². The molecule has 0 aromatic carbocycles. The van der Waals surface area contributed by atoms with Crippen molar-refractivity contribution in [1.82, 2.24) is 4.90 Å². The van der Waals surface area contributed by atoms with Crippen LogP contribution in [0.2, 0.25) is 0 Å². The van der Waals surface area contributed by atoms with Crippen LogP contribution >= 0.6 is 0 Å². The zero-order valence-corrected chi connectivity index (χ0v) is 9.41. The molecule has 0 saturated carbocycles. The minimum Gasteiger partial charge on any atom is -0.481 e. The molecule has 0 aromatic heterocycles. The molecular formula is C10H13F4NO3. The van der Waals surface area contributed by atoms with Crippen molar-refractivity contribution in [2.24, 2.45) is 5.92 Å². The molecule has 1 heterocycles. The largest absolute Gasteiger partial charge is 0.481 e. The van der Waals surface area contributed by atoms with Crippen LogP contribution < -0.4 is 0 Å². The molecular weight excluding hydrogens is 258 g/mol. The number of alkyl halides is 4. The number of carbonyl (C=O) groups excluding carboxylic acids is 1. The van der Waals surface area contributed by atoms with Gasteiger partial charge in [0.25, 0.3) is 5.91 Å². The van der Waals surface area contributed by atoms with Gasteiger partial charge in [-0.2, -0.15) is 8.78 Å². The summed E-state index contributed by atoms with van der Waals surface area (Å²) < 4.78 is 49.8. The van der Waals surface area contributed by atoms with Crippen LogP contribution in [0.15, 0.2) is 0 Å². The van der Waals surface area contributed by atoms with Gasteiger partial charge >= 0.3 is 18.3 Å². The number of aliphatic carboxylic acids is 1. The maximum absolute atomic E-state index is 12.9. The molecule has 1 amide bonds. The van der Waals surface area contributed by atoms with Gasteiger partial charge in [0.2, 0.25) is 0 Å². The first kappa shape index (κ1) is 14.7. The fourth-order valence-corrected chi connectivity index (χ4v) is 1.97. The van der Waals surface area contributed by atoms with E-state index in [2.05, 4.69) is 0 Å². The first-order valence-corrected chi connectivity index (χ1v) is 5.42. The summed E-state index contributed by atoms with van der Waals surface area (Å²) in [6, 6.07) is 0. The molecule has 1 unspecified atom stereocenters. The molecule has 0 radical (unpaired) electrons. The van der Waals surface area contributed by atoms with Gasteiger partial charge in [0.05, 0.1) is 0 Å². The second-order valence-corrected chi connectivity index (χ2v) is 4.28. The lowest BCUT2D eigenvalue weighted by Crippen LogP contribution is -2.51. The average Bonchev–Trinajstić information content (AvgIpc) is 2.27. The van der Waals surface area contributed by atoms with Crippen molar-refractivity contribution in [1.29, 1.82) is 0 Å². The van der Waals surface area contributed by atoms with E-state index in [1.54, 1.807) is 0 Å². The Morgan fingerprint density at radius 3 is 2.50 bits per heavy atom. The summed E-state index contributed by atoms with van der Waals surface area (Å²) in [5.41, 5.74) is 0. The predicted molar refractivity (Wildman–Crippen MR) is 52.5 cm³/mol. The highest BCUT2D eigenvalue weighted by molar-refractivity contribution is 5.84. The molecule has 18 heavy (non-hydrogen) atoms. The number of halogens is 4. The van der Waals surface area contributed by atoms with Crippen molar-refractivity contribution in [3.8, 4) is 0 Å². The lowest BCUT2D eigenvalue weighted by Gasteiger charge is -2.33. The normalized spacial score (nSPS) is 21.2. The van der Waals surface area contributed by atoms with Crippen molar-refractivity contribution in [3.63, 3.8) is 0 Å². The molecule has 0 spiro atoms. The molecule has 1 atom stereocenters. The van der Waals surface area contributed by atoms with E-state index >= 15 is 0 Å². The number of rotatable bonds is 4. The zero-order valence-electron chi connectivity index (χ0n) is 9.41. The first-order valence-electron chi connectivity index (χ1n) is 5.42. The van der Waals surface area contributed by atoms with Crippen LogP contribution in [-0.4, -0.2) is 47.3 Å². The minimum atomic E-state index is -4.70. The van der Waals surface area contributed by atoms with Crippen LogP contribution in [0.3, 0.4) is 0 Å². The van der Waals surface area contributed by atoms with E-state index in [9.17, 15) is 27.2 Å². The van der Waals surface area contributed by atoms with Gasteiger partial charge in [0, 0.05) is 19.5 Å². The monoisotopic (exact) mass is 271 g/mol. The molecule has 1 rings (SSSR count). The van der Waals surface area contributed by atoms with Crippen LogP contribution in [0, 0.1) is 5.92 Å². The standard InChI is InChI=1S/C10H13F4NO3/c11-8(12)10(13,14)9(18)15-3-1-2-6(5-15)4-7(16)17/h6,8H,1-5H2,(H,16,17). The number of likely N-dealkylation sites (tertiary alicyclic amines) is 1. The molecule has 0 aromatic rings. The summed E-state index contributed by atoms with van der Waals surface area (Å²) in [4.78, 5) is 22.3. The number of amides is 1. The highest BCUT2D eigenvalue weighted by Crippen LogP contribution is 2.28. The Labute approximate surface area is 101 Å². The van der Waals surface area contributed by atoms with Gasteiger partial charge in [0.1, 0.15) is 0 Å². The second kappa shape index (κ2) is 5.53. The zero-order chi connectivity index (χ0) is 13.9. The summed E-state index contributed by atoms with van der Waals surface area (Å²) in [6.07, 6.45) is -3.49. The molecule has 1 N–H and O–H groups in total. The van der Waals surface area contributed by atoms with E-state index in [4.69, 9.17) is 5.11 Å². The topological polar surface area (TPSA) is 57.6 Å². The molecule has 0 bridgehead atoms. The van der Waals surface area contributed by atoms with Gasteiger partial charge in [-0.1, -0.05) is 0 Å². The number of piperidine rings is 1. The Morgan fingerprint density at radius 2 is 2.00 bits per heavy atom. The molecule has 8 heteroatoms. The number of hydrogen-bond donors (Lipinski definition) is 1. The highest BCUT2D eigenvalue weighted by atomic mass is 19.3. The van der Waals surface area contributed by atoms with E-state index in [1.165, 1.54) is 0 Å². The van der Waals surface area contributed by atoms with Gasteiger partial charge in [-0.05, 0) is 18.8 Å². The fourth-order valence-electron chi connectivity index (χ4n) is 1.97. The summed E-state index contributed by atoms with van der Waals surface area (Å²) in [7, 11) is 0. The van der Waals surface area contributed by atoms with E-state index in [-0.39, 0.29) is 19.5 Å². The average molecular weight is 271 g/mol. The third-order valence-electron chi connectivity index (χ3n) is 2.83. The molecule has 0 aliphatic carbocycles. The fraction of sp³-hybridized carbons (Fsp3) is 0.800. The van der Waals surface area contributed by atoms with Gasteiger partial charge in [-0.15, -0.1) is 0 Å². The van der Waals surface area contributed by atoms with Gasteiger partial charge in [-0.25, -0.2) is 8.78 Å². The number of nitrogens with zero attached hydrogens (tertiary/aromatic N) is 1. The lowest BCUT2D eigenvalue weighted by atomic mass is 9.94. The Bertz CT molecular complexity index is 335. The van der Waals surface area contributed by atoms with E-state index < -0.39 is 30.1 Å². The summed E-state index contributed by atoms with van der Waals surface area (Å²) in [6.45, 7) is -0.259. The van der Waals surface area contributed by atoms with Crippen LogP contribution in [0.4, 0.5) is 17.6 Å². The molecule has 1 saturated heterocycles. The number of carboxylic acid groups (broad SMARTS) is 1. The second-order valence-electron chi connectivity index (χ2n) is 4.28. The number of carboxylic acids is 1. The lowest BCUT2D eigenvalue weighted by molar-refractivity contribution is -0.182. The summed E-state index contributed by atoms with van der Waals surface area (Å²) >= 11 is 0.